The number of amides is 1. The van der Waals surface area contributed by atoms with Crippen molar-refractivity contribution in [2.45, 2.75) is 57.1 Å². The maximum absolute atomic E-state index is 12.8. The van der Waals surface area contributed by atoms with Gasteiger partial charge in [0.1, 0.15) is 25.1 Å². The van der Waals surface area contributed by atoms with Crippen LogP contribution in [0.4, 0.5) is 0 Å². The van der Waals surface area contributed by atoms with Crippen LogP contribution in [0.5, 0.6) is 17.2 Å². The summed E-state index contributed by atoms with van der Waals surface area (Å²) in [5.74, 6) is 2.23. The fraction of sp³-hybridized carbons (Fsp3) is 0.536. The van der Waals surface area contributed by atoms with Gasteiger partial charge in [0.15, 0.2) is 11.5 Å². The van der Waals surface area contributed by atoms with Crippen LogP contribution in [-0.2, 0) is 4.79 Å². The van der Waals surface area contributed by atoms with E-state index in [9.17, 15) is 9.90 Å². The zero-order valence-electron chi connectivity index (χ0n) is 20.5. The van der Waals surface area contributed by atoms with Crippen LogP contribution < -0.4 is 19.5 Å². The molecule has 2 N–H and O–H groups in total. The molecule has 7 nitrogen and oxygen atoms in total. The minimum Gasteiger partial charge on any atom is -0.494 e. The molecule has 7 heteroatoms. The third-order valence-corrected chi connectivity index (χ3v) is 6.60. The van der Waals surface area contributed by atoms with Crippen LogP contribution >= 0.6 is 0 Å². The molecule has 190 valence electrons. The average Bonchev–Trinajstić information content (AvgIpc) is 3.41. The molecule has 1 saturated heterocycles. The maximum atomic E-state index is 12.8. The highest BCUT2D eigenvalue weighted by atomic mass is 16.6. The fourth-order valence-corrected chi connectivity index (χ4v) is 4.67. The third-order valence-electron chi connectivity index (χ3n) is 6.60. The molecule has 0 bridgehead atoms. The van der Waals surface area contributed by atoms with E-state index >= 15 is 0 Å². The maximum Gasteiger partial charge on any atom is 0.220 e. The quantitative estimate of drug-likeness (QED) is 0.419. The van der Waals surface area contributed by atoms with Crippen LogP contribution in [-0.4, -0.2) is 61.4 Å². The monoisotopic (exact) mass is 482 g/mol. The number of hydrogen-bond donors (Lipinski definition) is 2. The summed E-state index contributed by atoms with van der Waals surface area (Å²) < 4.78 is 17.0. The summed E-state index contributed by atoms with van der Waals surface area (Å²) >= 11 is 0. The first kappa shape index (κ1) is 25.3. The minimum absolute atomic E-state index is 0.00803. The van der Waals surface area contributed by atoms with E-state index in [0.717, 1.165) is 62.9 Å². The first-order valence-electron chi connectivity index (χ1n) is 13.0. The molecular weight excluding hydrogens is 444 g/mol. The molecule has 2 aliphatic heterocycles. The second-order valence-electron chi connectivity index (χ2n) is 9.36. The molecule has 2 aliphatic rings. The van der Waals surface area contributed by atoms with Gasteiger partial charge in [0.25, 0.3) is 0 Å². The number of aliphatic hydroxyl groups excluding tert-OH is 1. The molecule has 2 atom stereocenters. The van der Waals surface area contributed by atoms with Crippen molar-refractivity contribution in [1.29, 1.82) is 0 Å². The van der Waals surface area contributed by atoms with Crippen LogP contribution in [0.25, 0.3) is 0 Å². The van der Waals surface area contributed by atoms with Crippen molar-refractivity contribution in [3.05, 3.63) is 54.1 Å². The Morgan fingerprint density at radius 1 is 0.971 bits per heavy atom. The Morgan fingerprint density at radius 2 is 1.71 bits per heavy atom. The fourth-order valence-electron chi connectivity index (χ4n) is 4.67. The van der Waals surface area contributed by atoms with Gasteiger partial charge in [0.2, 0.25) is 5.91 Å². The van der Waals surface area contributed by atoms with Gasteiger partial charge in [0, 0.05) is 13.0 Å². The summed E-state index contributed by atoms with van der Waals surface area (Å²) in [6, 6.07) is 15.0. The number of para-hydroxylation sites is 1. The van der Waals surface area contributed by atoms with Crippen molar-refractivity contribution < 1.29 is 24.1 Å². The van der Waals surface area contributed by atoms with Gasteiger partial charge in [-0.15, -0.1) is 0 Å². The molecule has 4 rings (SSSR count). The second kappa shape index (κ2) is 13.4. The highest BCUT2D eigenvalue weighted by Gasteiger charge is 2.27. The van der Waals surface area contributed by atoms with E-state index in [1.807, 2.05) is 48.5 Å². The zero-order valence-corrected chi connectivity index (χ0v) is 20.5. The largest absolute Gasteiger partial charge is 0.494 e. The predicted octanol–water partition coefficient (Wildman–Crippen LogP) is 4.10. The molecule has 0 aliphatic carbocycles. The summed E-state index contributed by atoms with van der Waals surface area (Å²) in [7, 11) is 0. The summed E-state index contributed by atoms with van der Waals surface area (Å²) in [4.78, 5) is 15.1. The van der Waals surface area contributed by atoms with E-state index in [0.29, 0.717) is 44.3 Å². The zero-order chi connectivity index (χ0) is 24.3. The second-order valence-corrected chi connectivity index (χ2v) is 9.36. The minimum atomic E-state index is -0.814. The van der Waals surface area contributed by atoms with Crippen LogP contribution in [0.2, 0.25) is 0 Å². The third kappa shape index (κ3) is 7.87. The van der Waals surface area contributed by atoms with E-state index in [-0.39, 0.29) is 11.9 Å². The van der Waals surface area contributed by atoms with Crippen molar-refractivity contribution in [3.63, 3.8) is 0 Å². The molecule has 35 heavy (non-hydrogen) atoms. The summed E-state index contributed by atoms with van der Waals surface area (Å²) in [5.41, 5.74) is 0.733. The first-order chi connectivity index (χ1) is 17.2. The van der Waals surface area contributed by atoms with Crippen LogP contribution in [0.15, 0.2) is 48.5 Å². The lowest BCUT2D eigenvalue weighted by atomic mass is 10.0. The van der Waals surface area contributed by atoms with E-state index in [1.54, 1.807) is 0 Å². The number of likely N-dealkylation sites (tertiary alicyclic amines) is 1. The van der Waals surface area contributed by atoms with Gasteiger partial charge >= 0.3 is 0 Å². The van der Waals surface area contributed by atoms with E-state index in [4.69, 9.17) is 14.2 Å². The Labute approximate surface area is 208 Å². The number of ether oxygens (including phenoxy) is 3. The Morgan fingerprint density at radius 3 is 2.51 bits per heavy atom. The van der Waals surface area contributed by atoms with Gasteiger partial charge < -0.3 is 29.5 Å². The summed E-state index contributed by atoms with van der Waals surface area (Å²) in [6.07, 6.45) is 5.77. The predicted molar refractivity (Wildman–Crippen MR) is 135 cm³/mol. The van der Waals surface area contributed by atoms with Gasteiger partial charge in [-0.25, -0.2) is 0 Å². The van der Waals surface area contributed by atoms with Crippen LogP contribution in [0, 0.1) is 0 Å². The molecule has 2 aromatic carbocycles. The number of unbranched alkanes of at least 4 members (excludes halogenated alkanes) is 3. The van der Waals surface area contributed by atoms with Gasteiger partial charge in [0.05, 0.1) is 12.6 Å². The molecule has 2 unspecified atom stereocenters. The Balaban J connectivity index is 1.23. The number of carbonyl (C=O) groups is 1. The SMILES string of the molecule is O=C(CCCCCCOc1ccccc1)NC(CN1CCCC1)C(O)c1ccc2c(c1)OCCO2. The Bertz CT molecular complexity index is 917. The van der Waals surface area contributed by atoms with Crippen molar-refractivity contribution in [2.24, 2.45) is 0 Å². The van der Waals surface area contributed by atoms with E-state index in [2.05, 4.69) is 10.2 Å². The van der Waals surface area contributed by atoms with Gasteiger partial charge in [-0.2, -0.15) is 0 Å². The molecule has 1 fully saturated rings. The highest BCUT2D eigenvalue weighted by molar-refractivity contribution is 5.76. The lowest BCUT2D eigenvalue weighted by molar-refractivity contribution is -0.123. The first-order valence-corrected chi connectivity index (χ1v) is 13.0. The number of rotatable bonds is 13. The topological polar surface area (TPSA) is 80.3 Å². The summed E-state index contributed by atoms with van der Waals surface area (Å²) in [6.45, 7) is 4.37. The van der Waals surface area contributed by atoms with E-state index in [1.165, 1.54) is 0 Å². The van der Waals surface area contributed by atoms with Gasteiger partial charge in [-0.3, -0.25) is 4.79 Å². The van der Waals surface area contributed by atoms with Gasteiger partial charge in [-0.1, -0.05) is 37.1 Å². The number of aliphatic hydroxyl groups is 1. The highest BCUT2D eigenvalue weighted by Crippen LogP contribution is 2.33. The normalized spacial score (nSPS) is 17.1. The average molecular weight is 483 g/mol. The number of hydrogen-bond acceptors (Lipinski definition) is 6. The van der Waals surface area contributed by atoms with E-state index < -0.39 is 6.10 Å². The van der Waals surface area contributed by atoms with Crippen molar-refractivity contribution in [2.75, 3.05) is 39.5 Å². The summed E-state index contributed by atoms with van der Waals surface area (Å²) in [5, 5.41) is 14.3. The van der Waals surface area contributed by atoms with Crippen LogP contribution in [0.1, 0.15) is 56.6 Å². The Kier molecular flexibility index (Phi) is 9.66. The molecule has 0 saturated carbocycles. The lowest BCUT2D eigenvalue weighted by Gasteiger charge is -2.29. The number of benzene rings is 2. The number of nitrogens with zero attached hydrogens (tertiary/aromatic N) is 1. The van der Waals surface area contributed by atoms with Crippen molar-refractivity contribution in [1.82, 2.24) is 10.2 Å². The molecule has 2 aromatic rings. The Hall–Kier alpha value is -2.77. The molecule has 0 spiro atoms. The smallest absolute Gasteiger partial charge is 0.220 e. The lowest BCUT2D eigenvalue weighted by Crippen LogP contribution is -2.46. The van der Waals surface area contributed by atoms with Crippen molar-refractivity contribution >= 4 is 5.91 Å². The molecule has 0 radical (unpaired) electrons. The molecule has 0 aromatic heterocycles. The van der Waals surface area contributed by atoms with Crippen molar-refractivity contribution in [3.8, 4) is 17.2 Å². The molecular formula is C28H38N2O5. The molecule has 1 amide bonds. The van der Waals surface area contributed by atoms with Crippen LogP contribution in [0.3, 0.4) is 0 Å². The molecule has 2 heterocycles. The number of nitrogens with one attached hydrogen (secondary N) is 1. The number of carbonyl (C=O) groups excluding carboxylic acids is 1. The number of fused-ring (bicyclic) bond motifs is 1. The standard InChI is InChI=1S/C28H38N2O5/c31-27(12-6-1-2-9-17-33-23-10-4-3-5-11-23)29-24(21-30-15-7-8-16-30)28(32)22-13-14-25-26(20-22)35-19-18-34-25/h3-5,10-11,13-14,20,24,28,32H,1-2,6-9,12,15-19,21H2,(H,29,31). The van der Waals surface area contributed by atoms with Gasteiger partial charge in [-0.05, 0) is 68.6 Å².